The standard InChI is InChI=1S/C10H21NO/c1-8(12-3)10(11-2)7-6-9-4-5-9/h8-11H,4-7H2,1-3H3. The number of likely N-dealkylation sites (N-methyl/N-ethyl adjacent to an activating group) is 1. The van der Waals surface area contributed by atoms with Crippen molar-refractivity contribution in [1.29, 1.82) is 0 Å². The van der Waals surface area contributed by atoms with Gasteiger partial charge in [-0.25, -0.2) is 0 Å². The molecule has 12 heavy (non-hydrogen) atoms. The predicted octanol–water partition coefficient (Wildman–Crippen LogP) is 1.80. The Hall–Kier alpha value is -0.0800. The lowest BCUT2D eigenvalue weighted by Crippen LogP contribution is -2.36. The minimum absolute atomic E-state index is 0.341. The molecule has 72 valence electrons. The fourth-order valence-corrected chi connectivity index (χ4v) is 1.60. The molecule has 0 radical (unpaired) electrons. The average molecular weight is 171 g/mol. The van der Waals surface area contributed by atoms with Gasteiger partial charge in [0.25, 0.3) is 0 Å². The topological polar surface area (TPSA) is 21.3 Å². The first-order chi connectivity index (χ1) is 5.77. The Morgan fingerprint density at radius 3 is 2.58 bits per heavy atom. The fourth-order valence-electron chi connectivity index (χ4n) is 1.60. The summed E-state index contributed by atoms with van der Waals surface area (Å²) < 4.78 is 5.29. The quantitative estimate of drug-likeness (QED) is 0.658. The molecule has 0 aliphatic heterocycles. The molecular formula is C10H21NO. The van der Waals surface area contributed by atoms with Crippen molar-refractivity contribution in [3.8, 4) is 0 Å². The third-order valence-corrected chi connectivity index (χ3v) is 2.89. The Balaban J connectivity index is 2.13. The highest BCUT2D eigenvalue weighted by Gasteiger charge is 2.23. The van der Waals surface area contributed by atoms with E-state index >= 15 is 0 Å². The molecule has 1 aliphatic carbocycles. The molecule has 0 amide bonds. The van der Waals surface area contributed by atoms with Crippen molar-refractivity contribution in [2.45, 2.75) is 44.8 Å². The first-order valence-corrected chi connectivity index (χ1v) is 4.98. The molecule has 2 nitrogen and oxygen atoms in total. The molecule has 1 fully saturated rings. The summed E-state index contributed by atoms with van der Waals surface area (Å²) in [6.07, 6.45) is 5.89. The van der Waals surface area contributed by atoms with E-state index in [4.69, 9.17) is 4.74 Å². The second kappa shape index (κ2) is 4.83. The molecule has 1 aliphatic rings. The summed E-state index contributed by atoms with van der Waals surface area (Å²) in [5, 5.41) is 3.31. The Kier molecular flexibility index (Phi) is 4.02. The van der Waals surface area contributed by atoms with Crippen LogP contribution in [0.1, 0.15) is 32.6 Å². The Labute approximate surface area is 75.7 Å². The van der Waals surface area contributed by atoms with Crippen LogP contribution in [-0.2, 0) is 4.74 Å². The number of hydrogen-bond acceptors (Lipinski definition) is 2. The molecule has 2 heteroatoms. The third-order valence-electron chi connectivity index (χ3n) is 2.89. The van der Waals surface area contributed by atoms with E-state index in [0.29, 0.717) is 12.1 Å². The highest BCUT2D eigenvalue weighted by molar-refractivity contribution is 4.78. The molecule has 0 aromatic rings. The molecular weight excluding hydrogens is 150 g/mol. The minimum atomic E-state index is 0.341. The van der Waals surface area contributed by atoms with Crippen LogP contribution in [0.4, 0.5) is 0 Å². The van der Waals surface area contributed by atoms with Crippen LogP contribution in [0.25, 0.3) is 0 Å². The molecule has 0 saturated heterocycles. The second-order valence-electron chi connectivity index (χ2n) is 3.86. The van der Waals surface area contributed by atoms with Gasteiger partial charge in [-0.15, -0.1) is 0 Å². The number of rotatable bonds is 6. The predicted molar refractivity (Wildman–Crippen MR) is 51.3 cm³/mol. The van der Waals surface area contributed by atoms with Crippen LogP contribution in [0, 0.1) is 5.92 Å². The van der Waals surface area contributed by atoms with Gasteiger partial charge >= 0.3 is 0 Å². The van der Waals surface area contributed by atoms with Crippen LogP contribution in [0.3, 0.4) is 0 Å². The molecule has 0 aromatic heterocycles. The maximum absolute atomic E-state index is 5.29. The Morgan fingerprint density at radius 2 is 2.17 bits per heavy atom. The summed E-state index contributed by atoms with van der Waals surface area (Å²) >= 11 is 0. The Bertz CT molecular complexity index is 123. The van der Waals surface area contributed by atoms with Crippen molar-refractivity contribution in [2.75, 3.05) is 14.2 Å². The van der Waals surface area contributed by atoms with E-state index in [0.717, 1.165) is 5.92 Å². The normalized spacial score (nSPS) is 22.2. The van der Waals surface area contributed by atoms with Gasteiger partial charge in [-0.2, -0.15) is 0 Å². The molecule has 0 aromatic carbocycles. The van der Waals surface area contributed by atoms with Crippen molar-refractivity contribution in [3.63, 3.8) is 0 Å². The average Bonchev–Trinajstić information content (AvgIpc) is 2.88. The zero-order chi connectivity index (χ0) is 8.97. The van der Waals surface area contributed by atoms with Crippen molar-refractivity contribution < 1.29 is 4.74 Å². The number of nitrogens with one attached hydrogen (secondary N) is 1. The van der Waals surface area contributed by atoms with Crippen LogP contribution in [0.15, 0.2) is 0 Å². The van der Waals surface area contributed by atoms with Crippen LogP contribution in [0.5, 0.6) is 0 Å². The van der Waals surface area contributed by atoms with Gasteiger partial charge in [0.2, 0.25) is 0 Å². The van der Waals surface area contributed by atoms with Gasteiger partial charge in [-0.05, 0) is 32.7 Å². The van der Waals surface area contributed by atoms with E-state index in [9.17, 15) is 0 Å². The zero-order valence-corrected chi connectivity index (χ0v) is 8.47. The lowest BCUT2D eigenvalue weighted by Gasteiger charge is -2.22. The molecule has 0 bridgehead atoms. The fraction of sp³-hybridized carbons (Fsp3) is 1.00. The highest BCUT2D eigenvalue weighted by atomic mass is 16.5. The van der Waals surface area contributed by atoms with Crippen LogP contribution in [0.2, 0.25) is 0 Å². The van der Waals surface area contributed by atoms with Gasteiger partial charge in [-0.1, -0.05) is 12.8 Å². The van der Waals surface area contributed by atoms with E-state index in [1.165, 1.54) is 25.7 Å². The monoisotopic (exact) mass is 171 g/mol. The Morgan fingerprint density at radius 1 is 1.50 bits per heavy atom. The SMILES string of the molecule is CNC(CCC1CC1)C(C)OC. The number of ether oxygens (including phenoxy) is 1. The lowest BCUT2D eigenvalue weighted by molar-refractivity contribution is 0.0815. The summed E-state index contributed by atoms with van der Waals surface area (Å²) in [6, 6.07) is 0.538. The molecule has 1 rings (SSSR count). The molecule has 2 unspecified atom stereocenters. The van der Waals surface area contributed by atoms with Crippen molar-refractivity contribution >= 4 is 0 Å². The summed E-state index contributed by atoms with van der Waals surface area (Å²) in [5.74, 6) is 1.03. The van der Waals surface area contributed by atoms with Crippen molar-refractivity contribution in [2.24, 2.45) is 5.92 Å². The van der Waals surface area contributed by atoms with E-state index in [1.807, 2.05) is 7.05 Å². The van der Waals surface area contributed by atoms with Crippen LogP contribution >= 0.6 is 0 Å². The minimum Gasteiger partial charge on any atom is -0.380 e. The van der Waals surface area contributed by atoms with E-state index in [2.05, 4.69) is 12.2 Å². The van der Waals surface area contributed by atoms with Gasteiger partial charge in [-0.3, -0.25) is 0 Å². The molecule has 0 spiro atoms. The van der Waals surface area contributed by atoms with E-state index in [-0.39, 0.29) is 0 Å². The smallest absolute Gasteiger partial charge is 0.0696 e. The van der Waals surface area contributed by atoms with E-state index in [1.54, 1.807) is 7.11 Å². The molecule has 2 atom stereocenters. The highest BCUT2D eigenvalue weighted by Crippen LogP contribution is 2.34. The maximum Gasteiger partial charge on any atom is 0.0696 e. The van der Waals surface area contributed by atoms with Gasteiger partial charge in [0, 0.05) is 13.2 Å². The first kappa shape index (κ1) is 10.0. The molecule has 0 heterocycles. The number of hydrogen-bond donors (Lipinski definition) is 1. The van der Waals surface area contributed by atoms with Crippen LogP contribution in [-0.4, -0.2) is 26.3 Å². The second-order valence-corrected chi connectivity index (χ2v) is 3.86. The first-order valence-electron chi connectivity index (χ1n) is 4.98. The van der Waals surface area contributed by atoms with E-state index < -0.39 is 0 Å². The summed E-state index contributed by atoms with van der Waals surface area (Å²) in [5.41, 5.74) is 0. The molecule has 1 saturated carbocycles. The maximum atomic E-state index is 5.29. The zero-order valence-electron chi connectivity index (χ0n) is 8.47. The van der Waals surface area contributed by atoms with Crippen LogP contribution < -0.4 is 5.32 Å². The van der Waals surface area contributed by atoms with Crippen molar-refractivity contribution in [3.05, 3.63) is 0 Å². The summed E-state index contributed by atoms with van der Waals surface area (Å²) in [4.78, 5) is 0. The van der Waals surface area contributed by atoms with Gasteiger partial charge in [0.05, 0.1) is 6.10 Å². The number of methoxy groups -OCH3 is 1. The van der Waals surface area contributed by atoms with Crippen molar-refractivity contribution in [1.82, 2.24) is 5.32 Å². The molecule has 1 N–H and O–H groups in total. The third kappa shape index (κ3) is 3.11. The summed E-state index contributed by atoms with van der Waals surface area (Å²) in [7, 11) is 3.80. The summed E-state index contributed by atoms with van der Waals surface area (Å²) in [6.45, 7) is 2.13. The van der Waals surface area contributed by atoms with Gasteiger partial charge in [0.1, 0.15) is 0 Å². The largest absolute Gasteiger partial charge is 0.380 e. The van der Waals surface area contributed by atoms with Gasteiger partial charge < -0.3 is 10.1 Å². The lowest BCUT2D eigenvalue weighted by atomic mass is 10.0. The van der Waals surface area contributed by atoms with Gasteiger partial charge in [0.15, 0.2) is 0 Å².